The molecule has 0 aromatic heterocycles. The van der Waals surface area contributed by atoms with Crippen LogP contribution in [0.25, 0.3) is 0 Å². The molecular weight excluding hydrogens is 440 g/mol. The van der Waals surface area contributed by atoms with Crippen LogP contribution in [0.4, 0.5) is 11.4 Å². The van der Waals surface area contributed by atoms with E-state index < -0.39 is 58.0 Å². The predicted octanol–water partition coefficient (Wildman–Crippen LogP) is 1.26. The average Bonchev–Trinajstić information content (AvgIpc) is 3.32. The highest BCUT2D eigenvalue weighted by atomic mass is 16.7. The molecule has 1 aromatic carbocycles. The van der Waals surface area contributed by atoms with Crippen LogP contribution in [-0.4, -0.2) is 53.3 Å². The fraction of sp³-hybridized carbons (Fsp3) is 0.429. The Labute approximate surface area is 187 Å². The normalized spacial score (nSPS) is 29.4. The molecule has 12 heteroatoms. The van der Waals surface area contributed by atoms with Crippen molar-refractivity contribution in [2.45, 2.75) is 38.3 Å². The molecule has 1 aromatic rings. The molecule has 2 fully saturated rings. The average molecular weight is 460 g/mol. The van der Waals surface area contributed by atoms with Gasteiger partial charge in [0, 0.05) is 26.0 Å². The number of nitro benzene ring substituents is 1. The molecule has 0 radical (unpaired) electrons. The lowest BCUT2D eigenvalue weighted by Gasteiger charge is -2.34. The number of carbonyl (C=O) groups is 4. The molecule has 0 saturated carbocycles. The van der Waals surface area contributed by atoms with E-state index in [-0.39, 0.29) is 17.1 Å². The van der Waals surface area contributed by atoms with Crippen LogP contribution in [0.15, 0.2) is 30.4 Å². The molecule has 0 N–H and O–H groups in total. The molecular formula is C21H20N2O10. The summed E-state index contributed by atoms with van der Waals surface area (Å²) in [6, 6.07) is 3.53. The number of non-ortho nitro benzene ring substituents is 1. The summed E-state index contributed by atoms with van der Waals surface area (Å²) in [5.74, 6) is -5.25. The Morgan fingerprint density at radius 2 is 1.73 bits per heavy atom. The van der Waals surface area contributed by atoms with E-state index >= 15 is 0 Å². The SMILES string of the molecule is COc1ccc([N+](=O)[O-])cc1N1C(=O)[C@H]2[C@H](C1=O)[C@@]1(C(OC(C)=O)OC(C)=O)C=C[C@@]2(C)O1. The van der Waals surface area contributed by atoms with Gasteiger partial charge in [0.25, 0.3) is 12.0 Å². The van der Waals surface area contributed by atoms with Crippen LogP contribution >= 0.6 is 0 Å². The summed E-state index contributed by atoms with van der Waals surface area (Å²) < 4.78 is 21.6. The second-order valence-electron chi connectivity index (χ2n) is 8.10. The van der Waals surface area contributed by atoms with Crippen LogP contribution in [0.3, 0.4) is 0 Å². The predicted molar refractivity (Wildman–Crippen MR) is 108 cm³/mol. The van der Waals surface area contributed by atoms with Crippen LogP contribution in [0.5, 0.6) is 5.75 Å². The standard InChI is InChI=1S/C21H20N2O10/c1-10(24)31-19(32-11(2)25)21-8-7-20(3,33-21)15-16(21)18(27)22(17(15)26)13-9-12(23(28)29)5-6-14(13)30-4/h5-9,15-16,19H,1-4H3/t15-,16-,20-,21-/m1/s1. The minimum atomic E-state index is -1.76. The van der Waals surface area contributed by atoms with E-state index in [1.54, 1.807) is 13.0 Å². The van der Waals surface area contributed by atoms with Gasteiger partial charge in [-0.15, -0.1) is 0 Å². The zero-order chi connectivity index (χ0) is 24.3. The lowest BCUT2D eigenvalue weighted by atomic mass is 9.72. The van der Waals surface area contributed by atoms with E-state index in [1.165, 1.54) is 25.3 Å². The van der Waals surface area contributed by atoms with Crippen molar-refractivity contribution in [3.63, 3.8) is 0 Å². The van der Waals surface area contributed by atoms with Gasteiger partial charge in [-0.05, 0) is 19.1 Å². The Balaban J connectivity index is 1.83. The molecule has 4 rings (SSSR count). The van der Waals surface area contributed by atoms with Gasteiger partial charge in [-0.1, -0.05) is 6.08 Å². The third-order valence-corrected chi connectivity index (χ3v) is 6.01. The molecule has 2 amide bonds. The fourth-order valence-electron chi connectivity index (χ4n) is 4.77. The van der Waals surface area contributed by atoms with Gasteiger partial charge in [0.05, 0.1) is 29.5 Å². The highest BCUT2D eigenvalue weighted by Crippen LogP contribution is 2.60. The van der Waals surface area contributed by atoms with E-state index in [9.17, 15) is 29.3 Å². The smallest absolute Gasteiger partial charge is 0.305 e. The Hall–Kier alpha value is -3.80. The number of rotatable bonds is 6. The van der Waals surface area contributed by atoms with Crippen LogP contribution in [0, 0.1) is 22.0 Å². The number of carbonyl (C=O) groups excluding carboxylic acids is 4. The van der Waals surface area contributed by atoms with Crippen molar-refractivity contribution in [1.82, 2.24) is 0 Å². The van der Waals surface area contributed by atoms with Crippen LogP contribution in [0.2, 0.25) is 0 Å². The van der Waals surface area contributed by atoms with Gasteiger partial charge in [-0.2, -0.15) is 0 Å². The number of nitrogens with zero attached hydrogens (tertiary/aromatic N) is 2. The maximum absolute atomic E-state index is 13.6. The molecule has 3 heterocycles. The summed E-state index contributed by atoms with van der Waals surface area (Å²) in [4.78, 5) is 62.0. The highest BCUT2D eigenvalue weighted by molar-refractivity contribution is 6.24. The van der Waals surface area contributed by atoms with Crippen molar-refractivity contribution < 1.29 is 43.0 Å². The summed E-state index contributed by atoms with van der Waals surface area (Å²) in [5, 5.41) is 11.3. The van der Waals surface area contributed by atoms with Gasteiger partial charge in [0.1, 0.15) is 11.4 Å². The number of benzene rings is 1. The highest BCUT2D eigenvalue weighted by Gasteiger charge is 2.76. The first kappa shape index (κ1) is 22.4. The Kier molecular flexibility index (Phi) is 5.00. The fourth-order valence-corrected chi connectivity index (χ4v) is 4.77. The molecule has 12 nitrogen and oxygen atoms in total. The number of ether oxygens (including phenoxy) is 4. The molecule has 3 aliphatic rings. The van der Waals surface area contributed by atoms with Crippen molar-refractivity contribution in [2.24, 2.45) is 11.8 Å². The van der Waals surface area contributed by atoms with Crippen LogP contribution < -0.4 is 9.64 Å². The monoisotopic (exact) mass is 460 g/mol. The van der Waals surface area contributed by atoms with E-state index in [1.807, 2.05) is 0 Å². The summed E-state index contributed by atoms with van der Waals surface area (Å²) in [7, 11) is 1.30. The van der Waals surface area contributed by atoms with Crippen molar-refractivity contribution in [3.8, 4) is 5.75 Å². The maximum atomic E-state index is 13.6. The molecule has 0 aliphatic carbocycles. The molecule has 33 heavy (non-hydrogen) atoms. The molecule has 3 aliphatic heterocycles. The van der Waals surface area contributed by atoms with E-state index in [2.05, 4.69) is 0 Å². The van der Waals surface area contributed by atoms with Gasteiger partial charge in [0.15, 0.2) is 5.60 Å². The number of anilines is 1. The number of fused-ring (bicyclic) bond motifs is 5. The number of methoxy groups -OCH3 is 1. The Morgan fingerprint density at radius 3 is 2.27 bits per heavy atom. The summed E-state index contributed by atoms with van der Waals surface area (Å²) in [5.41, 5.74) is -3.49. The quantitative estimate of drug-likeness (QED) is 0.151. The summed E-state index contributed by atoms with van der Waals surface area (Å²) in [6.07, 6.45) is 1.36. The first-order valence-electron chi connectivity index (χ1n) is 9.90. The Bertz CT molecular complexity index is 1110. The molecule has 2 saturated heterocycles. The van der Waals surface area contributed by atoms with E-state index in [0.717, 1.165) is 24.8 Å². The zero-order valence-electron chi connectivity index (χ0n) is 18.1. The third kappa shape index (κ3) is 3.17. The lowest BCUT2D eigenvalue weighted by molar-refractivity contribution is -0.384. The molecule has 0 spiro atoms. The lowest BCUT2D eigenvalue weighted by Crippen LogP contribution is -2.52. The minimum absolute atomic E-state index is 0.0687. The van der Waals surface area contributed by atoms with Gasteiger partial charge in [-0.3, -0.25) is 29.3 Å². The van der Waals surface area contributed by atoms with Crippen molar-refractivity contribution in [1.29, 1.82) is 0 Å². The van der Waals surface area contributed by atoms with Gasteiger partial charge in [0.2, 0.25) is 11.8 Å². The summed E-state index contributed by atoms with van der Waals surface area (Å²) >= 11 is 0. The van der Waals surface area contributed by atoms with Crippen molar-refractivity contribution in [3.05, 3.63) is 40.5 Å². The Morgan fingerprint density at radius 1 is 1.12 bits per heavy atom. The van der Waals surface area contributed by atoms with Crippen molar-refractivity contribution in [2.75, 3.05) is 12.0 Å². The molecule has 174 valence electrons. The molecule has 2 bridgehead atoms. The minimum Gasteiger partial charge on any atom is -0.495 e. The van der Waals surface area contributed by atoms with Crippen LogP contribution in [0.1, 0.15) is 20.8 Å². The van der Waals surface area contributed by atoms with Crippen molar-refractivity contribution >= 4 is 35.1 Å². The number of nitro groups is 1. The second-order valence-corrected chi connectivity index (χ2v) is 8.10. The first-order chi connectivity index (χ1) is 15.4. The topological polar surface area (TPSA) is 152 Å². The molecule has 0 unspecified atom stereocenters. The van der Waals surface area contributed by atoms with Gasteiger partial charge < -0.3 is 18.9 Å². The summed E-state index contributed by atoms with van der Waals surface area (Å²) in [6.45, 7) is 3.77. The van der Waals surface area contributed by atoms with E-state index in [0.29, 0.717) is 0 Å². The van der Waals surface area contributed by atoms with Crippen LogP contribution in [-0.2, 0) is 33.4 Å². The number of imide groups is 1. The number of esters is 2. The maximum Gasteiger partial charge on any atom is 0.305 e. The second kappa shape index (κ2) is 7.37. The molecule has 4 atom stereocenters. The largest absolute Gasteiger partial charge is 0.495 e. The number of hydrogen-bond donors (Lipinski definition) is 0. The zero-order valence-corrected chi connectivity index (χ0v) is 18.1. The van der Waals surface area contributed by atoms with Gasteiger partial charge >= 0.3 is 11.9 Å². The number of hydrogen-bond acceptors (Lipinski definition) is 10. The van der Waals surface area contributed by atoms with Gasteiger partial charge in [-0.25, -0.2) is 4.90 Å². The van der Waals surface area contributed by atoms with E-state index in [4.69, 9.17) is 18.9 Å². The third-order valence-electron chi connectivity index (χ3n) is 6.01. The number of amides is 2. The first-order valence-corrected chi connectivity index (χ1v) is 9.90.